The van der Waals surface area contributed by atoms with Crippen LogP contribution in [0.5, 0.6) is 0 Å². The molecule has 16 heavy (non-hydrogen) atoms. The summed E-state index contributed by atoms with van der Waals surface area (Å²) in [5, 5.41) is 9.64. The van der Waals surface area contributed by atoms with Gasteiger partial charge in [-0.05, 0) is 12.1 Å². The molecule has 1 heterocycles. The molecule has 84 valence electrons. The van der Waals surface area contributed by atoms with Gasteiger partial charge in [0.2, 0.25) is 0 Å². The molecule has 0 aliphatic heterocycles. The van der Waals surface area contributed by atoms with E-state index in [1.807, 2.05) is 0 Å². The second-order valence-corrected chi connectivity index (χ2v) is 3.20. The molecule has 1 aromatic carbocycles. The third kappa shape index (κ3) is 1.81. The highest BCUT2D eigenvalue weighted by Crippen LogP contribution is 2.27. The fourth-order valence-corrected chi connectivity index (χ4v) is 1.40. The van der Waals surface area contributed by atoms with Gasteiger partial charge in [-0.25, -0.2) is 13.2 Å². The van der Waals surface area contributed by atoms with Crippen LogP contribution in [0.15, 0.2) is 34.9 Å². The average Bonchev–Trinajstić information content (AvgIpc) is 2.67. The molecule has 2 aromatic rings. The van der Waals surface area contributed by atoms with Crippen molar-refractivity contribution < 1.29 is 22.7 Å². The molecule has 0 bridgehead atoms. The molecule has 1 unspecified atom stereocenters. The summed E-state index contributed by atoms with van der Waals surface area (Å²) in [6, 6.07) is 3.85. The lowest BCUT2D eigenvalue weighted by atomic mass is 10.1. The highest BCUT2D eigenvalue weighted by Gasteiger charge is 2.22. The maximum absolute atomic E-state index is 13.3. The van der Waals surface area contributed by atoms with Crippen LogP contribution in [0, 0.1) is 17.5 Å². The molecule has 5 heteroatoms. The van der Waals surface area contributed by atoms with Crippen LogP contribution in [0.4, 0.5) is 13.2 Å². The Hall–Kier alpha value is -1.75. The van der Waals surface area contributed by atoms with Crippen molar-refractivity contribution in [3.8, 4) is 0 Å². The first kappa shape index (κ1) is 10.8. The minimum atomic E-state index is -1.59. The minimum Gasteiger partial charge on any atom is -0.466 e. The van der Waals surface area contributed by atoms with Crippen LogP contribution in [0.1, 0.15) is 17.4 Å². The molecule has 0 radical (unpaired) electrons. The molecule has 0 aliphatic rings. The van der Waals surface area contributed by atoms with Crippen molar-refractivity contribution in [2.24, 2.45) is 0 Å². The maximum atomic E-state index is 13.3. The molecule has 0 fully saturated rings. The largest absolute Gasteiger partial charge is 0.466 e. The van der Waals surface area contributed by atoms with E-state index in [1.165, 1.54) is 18.4 Å². The second kappa shape index (κ2) is 4.02. The van der Waals surface area contributed by atoms with Crippen molar-refractivity contribution in [2.75, 3.05) is 0 Å². The lowest BCUT2D eigenvalue weighted by Crippen LogP contribution is -2.05. The van der Waals surface area contributed by atoms with Gasteiger partial charge in [0.25, 0.3) is 0 Å². The summed E-state index contributed by atoms with van der Waals surface area (Å²) in [5.74, 6) is -3.35. The molecule has 2 nitrogen and oxygen atoms in total. The second-order valence-electron chi connectivity index (χ2n) is 3.20. The molecule has 1 aromatic heterocycles. The minimum absolute atomic E-state index is 0.00981. The number of hydrogen-bond acceptors (Lipinski definition) is 2. The number of aliphatic hydroxyl groups excluding tert-OH is 1. The molecule has 0 spiro atoms. The standard InChI is InChI=1S/C11H7F3O2/c12-6-4-7(13)10(8(14)5-6)11(15)9-2-1-3-16-9/h1-5,11,15H. The van der Waals surface area contributed by atoms with Crippen molar-refractivity contribution >= 4 is 0 Å². The normalized spacial score (nSPS) is 12.8. The van der Waals surface area contributed by atoms with E-state index < -0.39 is 29.1 Å². The van der Waals surface area contributed by atoms with Gasteiger partial charge in [0, 0.05) is 12.1 Å². The predicted molar refractivity (Wildman–Crippen MR) is 49.1 cm³/mol. The third-order valence-corrected chi connectivity index (χ3v) is 2.13. The molecular formula is C11H7F3O2. The Kier molecular flexibility index (Phi) is 2.70. The molecule has 1 atom stereocenters. The quantitative estimate of drug-likeness (QED) is 0.857. The number of rotatable bonds is 2. The van der Waals surface area contributed by atoms with E-state index in [4.69, 9.17) is 4.42 Å². The molecule has 2 rings (SSSR count). The van der Waals surface area contributed by atoms with Gasteiger partial charge in [0.15, 0.2) is 0 Å². The zero-order valence-corrected chi connectivity index (χ0v) is 7.95. The number of halogens is 3. The maximum Gasteiger partial charge on any atom is 0.142 e. The summed E-state index contributed by atoms with van der Waals surface area (Å²) < 4.78 is 44.0. The van der Waals surface area contributed by atoms with Gasteiger partial charge in [0.1, 0.15) is 29.3 Å². The summed E-state index contributed by atoms with van der Waals surface area (Å²) >= 11 is 0. The Morgan fingerprint density at radius 3 is 2.25 bits per heavy atom. The van der Waals surface area contributed by atoms with Crippen LogP contribution in [-0.4, -0.2) is 5.11 Å². The van der Waals surface area contributed by atoms with Gasteiger partial charge in [-0.2, -0.15) is 0 Å². The summed E-state index contributed by atoms with van der Waals surface area (Å²) in [6.07, 6.45) is -0.326. The monoisotopic (exact) mass is 228 g/mol. The van der Waals surface area contributed by atoms with E-state index in [2.05, 4.69) is 0 Å². The molecule has 1 N–H and O–H groups in total. The Balaban J connectivity index is 2.48. The van der Waals surface area contributed by atoms with E-state index in [1.54, 1.807) is 0 Å². The fourth-order valence-electron chi connectivity index (χ4n) is 1.40. The molecule has 0 saturated heterocycles. The van der Waals surface area contributed by atoms with Gasteiger partial charge in [0.05, 0.1) is 11.8 Å². The van der Waals surface area contributed by atoms with Crippen LogP contribution in [0.3, 0.4) is 0 Å². The average molecular weight is 228 g/mol. The smallest absolute Gasteiger partial charge is 0.142 e. The van der Waals surface area contributed by atoms with E-state index in [9.17, 15) is 18.3 Å². The summed E-state index contributed by atoms with van der Waals surface area (Å²) in [6.45, 7) is 0. The lowest BCUT2D eigenvalue weighted by molar-refractivity contribution is 0.179. The topological polar surface area (TPSA) is 33.4 Å². The first-order valence-electron chi connectivity index (χ1n) is 4.45. The number of benzene rings is 1. The van der Waals surface area contributed by atoms with E-state index in [0.717, 1.165) is 0 Å². The Morgan fingerprint density at radius 2 is 1.75 bits per heavy atom. The number of furan rings is 1. The summed E-state index contributed by atoms with van der Waals surface area (Å²) in [4.78, 5) is 0. The zero-order chi connectivity index (χ0) is 11.7. The molecular weight excluding hydrogens is 221 g/mol. The van der Waals surface area contributed by atoms with Gasteiger partial charge >= 0.3 is 0 Å². The van der Waals surface area contributed by atoms with E-state index >= 15 is 0 Å². The van der Waals surface area contributed by atoms with Gasteiger partial charge in [-0.3, -0.25) is 0 Å². The number of aliphatic hydroxyl groups is 1. The van der Waals surface area contributed by atoms with Crippen LogP contribution >= 0.6 is 0 Å². The molecule has 0 saturated carbocycles. The first-order chi connectivity index (χ1) is 7.59. The van der Waals surface area contributed by atoms with Crippen molar-refractivity contribution in [1.82, 2.24) is 0 Å². The SMILES string of the molecule is OC(c1ccco1)c1c(F)cc(F)cc1F. The van der Waals surface area contributed by atoms with Crippen molar-refractivity contribution in [2.45, 2.75) is 6.10 Å². The van der Waals surface area contributed by atoms with Crippen LogP contribution in [0.25, 0.3) is 0 Å². The number of hydrogen-bond donors (Lipinski definition) is 1. The van der Waals surface area contributed by atoms with E-state index in [-0.39, 0.29) is 5.76 Å². The summed E-state index contributed by atoms with van der Waals surface area (Å²) in [7, 11) is 0. The zero-order valence-electron chi connectivity index (χ0n) is 7.95. The van der Waals surface area contributed by atoms with Crippen molar-refractivity contribution in [3.05, 3.63) is 59.3 Å². The van der Waals surface area contributed by atoms with Gasteiger partial charge < -0.3 is 9.52 Å². The van der Waals surface area contributed by atoms with E-state index in [0.29, 0.717) is 12.1 Å². The summed E-state index contributed by atoms with van der Waals surface area (Å²) in [5.41, 5.74) is -0.628. The van der Waals surface area contributed by atoms with Crippen molar-refractivity contribution in [1.29, 1.82) is 0 Å². The van der Waals surface area contributed by atoms with Gasteiger partial charge in [-0.15, -0.1) is 0 Å². The lowest BCUT2D eigenvalue weighted by Gasteiger charge is -2.10. The highest BCUT2D eigenvalue weighted by molar-refractivity contribution is 5.28. The third-order valence-electron chi connectivity index (χ3n) is 2.13. The Labute approximate surface area is 88.9 Å². The van der Waals surface area contributed by atoms with Gasteiger partial charge in [-0.1, -0.05) is 0 Å². The first-order valence-corrected chi connectivity index (χ1v) is 4.45. The Bertz CT molecular complexity index is 471. The van der Waals surface area contributed by atoms with Crippen molar-refractivity contribution in [3.63, 3.8) is 0 Å². The highest BCUT2D eigenvalue weighted by atomic mass is 19.1. The molecule has 0 amide bonds. The van der Waals surface area contributed by atoms with Crippen LogP contribution in [-0.2, 0) is 0 Å². The Morgan fingerprint density at radius 1 is 1.12 bits per heavy atom. The van der Waals surface area contributed by atoms with Crippen LogP contribution < -0.4 is 0 Å². The van der Waals surface area contributed by atoms with Crippen LogP contribution in [0.2, 0.25) is 0 Å². The fraction of sp³-hybridized carbons (Fsp3) is 0.0909. The predicted octanol–water partition coefficient (Wildman–Crippen LogP) is 2.78. The molecule has 0 aliphatic carbocycles.